The summed E-state index contributed by atoms with van der Waals surface area (Å²) in [5, 5.41) is 3.30. The Bertz CT molecular complexity index is 219. The van der Waals surface area contributed by atoms with Crippen LogP contribution < -0.4 is 5.32 Å². The fourth-order valence-electron chi connectivity index (χ4n) is 2.25. The van der Waals surface area contributed by atoms with Crippen molar-refractivity contribution in [3.05, 3.63) is 0 Å². The number of amides is 1. The van der Waals surface area contributed by atoms with Crippen LogP contribution >= 0.6 is 0 Å². The summed E-state index contributed by atoms with van der Waals surface area (Å²) in [4.78, 5) is 14.0. The number of nitrogens with one attached hydrogen (secondary N) is 1. The quantitative estimate of drug-likeness (QED) is 0.644. The summed E-state index contributed by atoms with van der Waals surface area (Å²) in [5.41, 5.74) is -0.109. The normalized spacial score (nSPS) is 32.9. The van der Waals surface area contributed by atoms with Crippen LogP contribution in [0.25, 0.3) is 0 Å². The van der Waals surface area contributed by atoms with Gasteiger partial charge in [0.2, 0.25) is 5.91 Å². The molecule has 0 spiro atoms. The SMILES string of the molecule is CC1(C)CCN(C2CCNC2)C1=O. The topological polar surface area (TPSA) is 32.3 Å². The summed E-state index contributed by atoms with van der Waals surface area (Å²) >= 11 is 0. The van der Waals surface area contributed by atoms with E-state index in [1.54, 1.807) is 0 Å². The number of hydrogen-bond donors (Lipinski definition) is 1. The molecule has 0 bridgehead atoms. The van der Waals surface area contributed by atoms with Crippen molar-refractivity contribution in [3.8, 4) is 0 Å². The second kappa shape index (κ2) is 2.98. The van der Waals surface area contributed by atoms with Gasteiger partial charge in [0.05, 0.1) is 0 Å². The van der Waals surface area contributed by atoms with Gasteiger partial charge in [0.1, 0.15) is 0 Å². The second-order valence-electron chi connectivity index (χ2n) is 4.78. The van der Waals surface area contributed by atoms with E-state index in [9.17, 15) is 4.79 Å². The maximum atomic E-state index is 11.9. The average Bonchev–Trinajstić information content (AvgIpc) is 2.63. The van der Waals surface area contributed by atoms with Gasteiger partial charge in [-0.25, -0.2) is 0 Å². The molecule has 74 valence electrons. The molecule has 0 aliphatic carbocycles. The molecule has 2 fully saturated rings. The first kappa shape index (κ1) is 9.00. The Balaban J connectivity index is 2.06. The predicted molar refractivity (Wildman–Crippen MR) is 51.4 cm³/mol. The third kappa shape index (κ3) is 1.46. The van der Waals surface area contributed by atoms with Gasteiger partial charge < -0.3 is 10.2 Å². The summed E-state index contributed by atoms with van der Waals surface area (Å²) in [6.45, 7) is 7.12. The standard InChI is InChI=1S/C10H18N2O/c1-10(2)4-6-12(9(10)13)8-3-5-11-7-8/h8,11H,3-7H2,1-2H3. The number of likely N-dealkylation sites (tertiary alicyclic amines) is 1. The molecule has 1 amide bonds. The lowest BCUT2D eigenvalue weighted by atomic mass is 9.92. The van der Waals surface area contributed by atoms with E-state index in [1.807, 2.05) is 0 Å². The maximum Gasteiger partial charge on any atom is 0.228 e. The van der Waals surface area contributed by atoms with E-state index in [4.69, 9.17) is 0 Å². The molecule has 3 nitrogen and oxygen atoms in total. The zero-order chi connectivity index (χ0) is 9.47. The molecule has 0 aromatic carbocycles. The molecule has 2 aliphatic heterocycles. The van der Waals surface area contributed by atoms with E-state index in [0.29, 0.717) is 11.9 Å². The summed E-state index contributed by atoms with van der Waals surface area (Å²) in [7, 11) is 0. The third-order valence-corrected chi connectivity index (χ3v) is 3.29. The molecule has 1 unspecified atom stereocenters. The number of carbonyl (C=O) groups excluding carboxylic acids is 1. The smallest absolute Gasteiger partial charge is 0.228 e. The molecule has 2 rings (SSSR count). The molecule has 2 saturated heterocycles. The van der Waals surface area contributed by atoms with Crippen LogP contribution in [0.2, 0.25) is 0 Å². The second-order valence-corrected chi connectivity index (χ2v) is 4.78. The molecule has 0 aromatic heterocycles. The summed E-state index contributed by atoms with van der Waals surface area (Å²) in [6.07, 6.45) is 2.14. The van der Waals surface area contributed by atoms with Crippen molar-refractivity contribution in [1.82, 2.24) is 10.2 Å². The van der Waals surface area contributed by atoms with Gasteiger partial charge in [-0.05, 0) is 19.4 Å². The molecule has 3 heteroatoms. The van der Waals surface area contributed by atoms with Gasteiger partial charge in [-0.1, -0.05) is 13.8 Å². The van der Waals surface area contributed by atoms with E-state index in [0.717, 1.165) is 32.5 Å². The van der Waals surface area contributed by atoms with E-state index in [2.05, 4.69) is 24.1 Å². The predicted octanol–water partition coefficient (Wildman–Crippen LogP) is 0.607. The molecule has 0 radical (unpaired) electrons. The van der Waals surface area contributed by atoms with Gasteiger partial charge >= 0.3 is 0 Å². The number of rotatable bonds is 1. The van der Waals surface area contributed by atoms with Gasteiger partial charge in [0.25, 0.3) is 0 Å². The molecule has 2 aliphatic rings. The minimum atomic E-state index is -0.109. The zero-order valence-electron chi connectivity index (χ0n) is 8.47. The summed E-state index contributed by atoms with van der Waals surface area (Å²) in [6, 6.07) is 0.467. The van der Waals surface area contributed by atoms with Crippen molar-refractivity contribution in [1.29, 1.82) is 0 Å². The largest absolute Gasteiger partial charge is 0.338 e. The summed E-state index contributed by atoms with van der Waals surface area (Å²) in [5.74, 6) is 0.348. The molecule has 0 saturated carbocycles. The molecule has 2 heterocycles. The first-order chi connectivity index (χ1) is 6.11. The molecular formula is C10H18N2O. The number of carbonyl (C=O) groups is 1. The molecule has 1 N–H and O–H groups in total. The van der Waals surface area contributed by atoms with Crippen molar-refractivity contribution in [2.45, 2.75) is 32.7 Å². The highest BCUT2D eigenvalue weighted by atomic mass is 16.2. The van der Waals surface area contributed by atoms with Crippen LogP contribution in [-0.2, 0) is 4.79 Å². The van der Waals surface area contributed by atoms with Crippen LogP contribution in [0.1, 0.15) is 26.7 Å². The van der Waals surface area contributed by atoms with Gasteiger partial charge in [-0.3, -0.25) is 4.79 Å². The number of hydrogen-bond acceptors (Lipinski definition) is 2. The fourth-order valence-corrected chi connectivity index (χ4v) is 2.25. The Morgan fingerprint density at radius 1 is 1.54 bits per heavy atom. The fraction of sp³-hybridized carbons (Fsp3) is 0.900. The van der Waals surface area contributed by atoms with Crippen molar-refractivity contribution in [3.63, 3.8) is 0 Å². The van der Waals surface area contributed by atoms with Crippen LogP contribution in [-0.4, -0.2) is 36.5 Å². The van der Waals surface area contributed by atoms with Crippen molar-refractivity contribution < 1.29 is 4.79 Å². The van der Waals surface area contributed by atoms with Crippen LogP contribution in [0.15, 0.2) is 0 Å². The lowest BCUT2D eigenvalue weighted by molar-refractivity contribution is -0.136. The Morgan fingerprint density at radius 2 is 2.31 bits per heavy atom. The Hall–Kier alpha value is -0.570. The lowest BCUT2D eigenvalue weighted by Crippen LogP contribution is -2.40. The lowest BCUT2D eigenvalue weighted by Gasteiger charge is -2.25. The number of nitrogens with zero attached hydrogens (tertiary/aromatic N) is 1. The van der Waals surface area contributed by atoms with Gasteiger partial charge in [-0.2, -0.15) is 0 Å². The third-order valence-electron chi connectivity index (χ3n) is 3.29. The minimum absolute atomic E-state index is 0.109. The minimum Gasteiger partial charge on any atom is -0.338 e. The highest BCUT2D eigenvalue weighted by molar-refractivity contribution is 5.84. The molecule has 0 aromatic rings. The van der Waals surface area contributed by atoms with Crippen LogP contribution in [0.5, 0.6) is 0 Å². The monoisotopic (exact) mass is 182 g/mol. The van der Waals surface area contributed by atoms with Crippen LogP contribution in [0, 0.1) is 5.41 Å². The first-order valence-electron chi connectivity index (χ1n) is 5.13. The average molecular weight is 182 g/mol. The van der Waals surface area contributed by atoms with Crippen LogP contribution in [0.3, 0.4) is 0 Å². The molecule has 13 heavy (non-hydrogen) atoms. The van der Waals surface area contributed by atoms with E-state index in [1.165, 1.54) is 0 Å². The van der Waals surface area contributed by atoms with E-state index in [-0.39, 0.29) is 5.41 Å². The van der Waals surface area contributed by atoms with Gasteiger partial charge in [-0.15, -0.1) is 0 Å². The van der Waals surface area contributed by atoms with E-state index < -0.39 is 0 Å². The van der Waals surface area contributed by atoms with Crippen molar-refractivity contribution in [2.24, 2.45) is 5.41 Å². The Kier molecular flexibility index (Phi) is 2.06. The molecule has 1 atom stereocenters. The van der Waals surface area contributed by atoms with Crippen molar-refractivity contribution >= 4 is 5.91 Å². The molecular weight excluding hydrogens is 164 g/mol. The van der Waals surface area contributed by atoms with E-state index >= 15 is 0 Å². The first-order valence-corrected chi connectivity index (χ1v) is 5.13. The van der Waals surface area contributed by atoms with Crippen LogP contribution in [0.4, 0.5) is 0 Å². The van der Waals surface area contributed by atoms with Gasteiger partial charge in [0.15, 0.2) is 0 Å². The zero-order valence-corrected chi connectivity index (χ0v) is 8.47. The Morgan fingerprint density at radius 3 is 2.77 bits per heavy atom. The van der Waals surface area contributed by atoms with Gasteiger partial charge in [0, 0.05) is 24.5 Å². The maximum absolute atomic E-state index is 11.9. The Labute approximate surface area is 79.5 Å². The summed E-state index contributed by atoms with van der Waals surface area (Å²) < 4.78 is 0. The highest BCUT2D eigenvalue weighted by Gasteiger charge is 2.41. The highest BCUT2D eigenvalue weighted by Crippen LogP contribution is 2.32. The van der Waals surface area contributed by atoms with Crippen molar-refractivity contribution in [2.75, 3.05) is 19.6 Å².